The van der Waals surface area contributed by atoms with Crippen LogP contribution in [0, 0.1) is 0 Å². The molecule has 24 heavy (non-hydrogen) atoms. The number of ether oxygens (including phenoxy) is 2. The zero-order chi connectivity index (χ0) is 17.4. The van der Waals surface area contributed by atoms with Crippen molar-refractivity contribution in [2.75, 3.05) is 6.61 Å². The Labute approximate surface area is 149 Å². The fraction of sp³-hybridized carbons (Fsp3) is 0.222. The van der Waals surface area contributed by atoms with Gasteiger partial charge in [-0.1, -0.05) is 46.3 Å². The van der Waals surface area contributed by atoms with Gasteiger partial charge in [0.15, 0.2) is 12.7 Å². The Morgan fingerprint density at radius 2 is 1.75 bits per heavy atom. The summed E-state index contributed by atoms with van der Waals surface area (Å²) in [5.41, 5.74) is 0.976. The van der Waals surface area contributed by atoms with E-state index in [0.29, 0.717) is 12.3 Å². The van der Waals surface area contributed by atoms with E-state index in [0.717, 1.165) is 10.0 Å². The minimum absolute atomic E-state index is 0.334. The van der Waals surface area contributed by atoms with E-state index in [-0.39, 0.29) is 12.5 Å². The van der Waals surface area contributed by atoms with Crippen LogP contribution in [0.5, 0.6) is 5.75 Å². The Morgan fingerprint density at radius 3 is 2.42 bits per heavy atom. The van der Waals surface area contributed by atoms with Crippen molar-refractivity contribution >= 4 is 27.8 Å². The van der Waals surface area contributed by atoms with Gasteiger partial charge in [0.1, 0.15) is 5.75 Å². The maximum atomic E-state index is 11.9. The van der Waals surface area contributed by atoms with E-state index < -0.39 is 12.1 Å². The first-order valence-corrected chi connectivity index (χ1v) is 8.23. The fourth-order valence-electron chi connectivity index (χ4n) is 1.87. The van der Waals surface area contributed by atoms with Gasteiger partial charge in [-0.15, -0.1) is 0 Å². The predicted octanol–water partition coefficient (Wildman–Crippen LogP) is 3.08. The number of nitrogens with one attached hydrogen (secondary N) is 1. The molecule has 0 unspecified atom stereocenters. The fourth-order valence-corrected chi connectivity index (χ4v) is 2.13. The Morgan fingerprint density at radius 1 is 1.08 bits per heavy atom. The Bertz CT molecular complexity index is 673. The lowest BCUT2D eigenvalue weighted by Crippen LogP contribution is -2.32. The van der Waals surface area contributed by atoms with Gasteiger partial charge in [-0.05, 0) is 36.8 Å². The maximum absolute atomic E-state index is 11.9. The molecule has 126 valence electrons. The second-order valence-corrected chi connectivity index (χ2v) is 6.00. The normalized spacial score (nSPS) is 11.4. The number of esters is 1. The number of benzene rings is 2. The highest BCUT2D eigenvalue weighted by Crippen LogP contribution is 2.17. The summed E-state index contributed by atoms with van der Waals surface area (Å²) in [4.78, 5) is 23.6. The van der Waals surface area contributed by atoms with Crippen LogP contribution < -0.4 is 10.1 Å². The molecule has 0 saturated carbocycles. The zero-order valence-electron chi connectivity index (χ0n) is 13.2. The van der Waals surface area contributed by atoms with E-state index in [4.69, 9.17) is 9.47 Å². The number of halogens is 1. The van der Waals surface area contributed by atoms with E-state index >= 15 is 0 Å². The molecule has 0 aliphatic heterocycles. The Kier molecular flexibility index (Phi) is 6.81. The van der Waals surface area contributed by atoms with Gasteiger partial charge in [0, 0.05) is 11.0 Å². The second-order valence-electron chi connectivity index (χ2n) is 5.08. The molecule has 5 nitrogen and oxygen atoms in total. The molecular formula is C18H18BrNO4. The monoisotopic (exact) mass is 391 g/mol. The summed E-state index contributed by atoms with van der Waals surface area (Å²) in [6, 6.07) is 16.6. The average Bonchev–Trinajstić information content (AvgIpc) is 2.60. The van der Waals surface area contributed by atoms with Gasteiger partial charge in [-0.25, -0.2) is 4.79 Å². The van der Waals surface area contributed by atoms with Crippen LogP contribution in [-0.2, 0) is 20.9 Å². The lowest BCUT2D eigenvalue weighted by atomic mass is 10.2. The van der Waals surface area contributed by atoms with Crippen LogP contribution >= 0.6 is 15.9 Å². The van der Waals surface area contributed by atoms with E-state index in [1.54, 1.807) is 19.1 Å². The second kappa shape index (κ2) is 9.08. The molecule has 0 aliphatic rings. The highest BCUT2D eigenvalue weighted by Gasteiger charge is 2.17. The molecule has 0 aliphatic carbocycles. The van der Waals surface area contributed by atoms with Gasteiger partial charge >= 0.3 is 5.97 Å². The zero-order valence-corrected chi connectivity index (χ0v) is 14.8. The summed E-state index contributed by atoms with van der Waals surface area (Å²) >= 11 is 3.32. The van der Waals surface area contributed by atoms with Crippen LogP contribution in [0.15, 0.2) is 59.1 Å². The number of rotatable bonds is 7. The van der Waals surface area contributed by atoms with Crippen LogP contribution in [0.2, 0.25) is 0 Å². The van der Waals surface area contributed by atoms with Gasteiger partial charge in [-0.3, -0.25) is 4.79 Å². The SMILES string of the molecule is C[C@@H](Oc1ccc(Br)cc1)C(=O)OCC(=O)NCc1ccccc1. The average molecular weight is 392 g/mol. The molecule has 1 atom stereocenters. The molecule has 0 fully saturated rings. The Hall–Kier alpha value is -2.34. The molecule has 0 spiro atoms. The van der Waals surface area contributed by atoms with E-state index in [9.17, 15) is 9.59 Å². The molecule has 0 saturated heterocycles. The minimum Gasteiger partial charge on any atom is -0.479 e. The standard InChI is InChI=1S/C18H18BrNO4/c1-13(24-16-9-7-15(19)8-10-16)18(22)23-12-17(21)20-11-14-5-3-2-4-6-14/h2-10,13H,11-12H2,1H3,(H,20,21)/t13-/m1/s1. The van der Waals surface area contributed by atoms with Crippen molar-refractivity contribution in [2.24, 2.45) is 0 Å². The van der Waals surface area contributed by atoms with Crippen molar-refractivity contribution in [3.8, 4) is 5.75 Å². The molecule has 2 aromatic carbocycles. The van der Waals surface area contributed by atoms with Crippen molar-refractivity contribution in [1.29, 1.82) is 0 Å². The number of hydrogen-bond donors (Lipinski definition) is 1. The van der Waals surface area contributed by atoms with Gasteiger partial charge < -0.3 is 14.8 Å². The highest BCUT2D eigenvalue weighted by atomic mass is 79.9. The highest BCUT2D eigenvalue weighted by molar-refractivity contribution is 9.10. The van der Waals surface area contributed by atoms with Gasteiger partial charge in [0.2, 0.25) is 0 Å². The van der Waals surface area contributed by atoms with Crippen molar-refractivity contribution in [3.05, 3.63) is 64.6 Å². The minimum atomic E-state index is -0.798. The first-order valence-electron chi connectivity index (χ1n) is 7.44. The van der Waals surface area contributed by atoms with E-state index in [1.807, 2.05) is 42.5 Å². The van der Waals surface area contributed by atoms with Crippen molar-refractivity contribution < 1.29 is 19.1 Å². The Balaban J connectivity index is 1.71. The smallest absolute Gasteiger partial charge is 0.347 e. The molecule has 2 aromatic rings. The molecule has 1 N–H and O–H groups in total. The number of hydrogen-bond acceptors (Lipinski definition) is 4. The lowest BCUT2D eigenvalue weighted by Gasteiger charge is -2.14. The topological polar surface area (TPSA) is 64.6 Å². The maximum Gasteiger partial charge on any atom is 0.347 e. The van der Waals surface area contributed by atoms with Gasteiger partial charge in [-0.2, -0.15) is 0 Å². The first kappa shape index (κ1) is 18.0. The summed E-state index contributed by atoms with van der Waals surface area (Å²) < 4.78 is 11.3. The molecule has 6 heteroatoms. The predicted molar refractivity (Wildman–Crippen MR) is 93.5 cm³/mol. The summed E-state index contributed by atoms with van der Waals surface area (Å²) in [5, 5.41) is 2.69. The molecule has 2 rings (SSSR count). The quantitative estimate of drug-likeness (QED) is 0.736. The molecule has 0 radical (unpaired) electrons. The van der Waals surface area contributed by atoms with Crippen molar-refractivity contribution in [2.45, 2.75) is 19.6 Å². The van der Waals surface area contributed by atoms with Crippen LogP contribution in [-0.4, -0.2) is 24.6 Å². The summed E-state index contributed by atoms with van der Waals surface area (Å²) in [6.07, 6.45) is -0.798. The molecule has 0 aromatic heterocycles. The molecule has 0 heterocycles. The first-order chi connectivity index (χ1) is 11.5. The van der Waals surface area contributed by atoms with E-state index in [1.165, 1.54) is 0 Å². The van der Waals surface area contributed by atoms with Gasteiger partial charge in [0.25, 0.3) is 5.91 Å². The van der Waals surface area contributed by atoms with Crippen molar-refractivity contribution in [3.63, 3.8) is 0 Å². The summed E-state index contributed by atoms with van der Waals surface area (Å²) in [7, 11) is 0. The summed E-state index contributed by atoms with van der Waals surface area (Å²) in [6.45, 7) is 1.63. The third kappa shape index (κ3) is 6.04. The van der Waals surface area contributed by atoms with Crippen LogP contribution in [0.25, 0.3) is 0 Å². The van der Waals surface area contributed by atoms with Gasteiger partial charge in [0.05, 0.1) is 0 Å². The molecular weight excluding hydrogens is 374 g/mol. The third-order valence-electron chi connectivity index (χ3n) is 3.14. The third-order valence-corrected chi connectivity index (χ3v) is 3.67. The molecule has 0 bridgehead atoms. The number of amides is 1. The van der Waals surface area contributed by atoms with Crippen LogP contribution in [0.3, 0.4) is 0 Å². The number of carbonyl (C=O) groups is 2. The largest absolute Gasteiger partial charge is 0.479 e. The van der Waals surface area contributed by atoms with E-state index in [2.05, 4.69) is 21.2 Å². The number of carbonyl (C=O) groups excluding carboxylic acids is 2. The molecule has 1 amide bonds. The van der Waals surface area contributed by atoms with Crippen LogP contribution in [0.1, 0.15) is 12.5 Å². The van der Waals surface area contributed by atoms with Crippen LogP contribution in [0.4, 0.5) is 0 Å². The lowest BCUT2D eigenvalue weighted by molar-refractivity contribution is -0.154. The summed E-state index contributed by atoms with van der Waals surface area (Å²) in [5.74, 6) is -0.396. The van der Waals surface area contributed by atoms with Crippen molar-refractivity contribution in [1.82, 2.24) is 5.32 Å².